The first-order valence-electron chi connectivity index (χ1n) is 9.11. The molecule has 0 aliphatic carbocycles. The standard InChI is InChI=1S/C19H23NO2.C2H2O4/c1-3-9-17(10-4-1)15-21-19-13-7-8-14-20(19)22-16-18-11-5-2-6-12-18;3-1(4)2(5)6/h1-6,9-12,19H,7-8,13-16H2;(H,3,4)(H,5,6). The second-order valence-corrected chi connectivity index (χ2v) is 6.26. The molecule has 0 bridgehead atoms. The van der Waals surface area contributed by atoms with Gasteiger partial charge < -0.3 is 14.9 Å². The molecule has 0 amide bonds. The Hall–Kier alpha value is -2.74. The largest absolute Gasteiger partial charge is 0.473 e. The van der Waals surface area contributed by atoms with E-state index in [1.54, 1.807) is 0 Å². The van der Waals surface area contributed by atoms with E-state index in [1.807, 2.05) is 41.5 Å². The average Bonchev–Trinajstić information content (AvgIpc) is 2.73. The van der Waals surface area contributed by atoms with Crippen LogP contribution in [0.4, 0.5) is 0 Å². The molecular formula is C21H25NO6. The number of aliphatic carboxylic acids is 2. The molecule has 2 N–H and O–H groups in total. The number of hydrogen-bond donors (Lipinski definition) is 2. The van der Waals surface area contributed by atoms with Crippen LogP contribution in [0.15, 0.2) is 60.7 Å². The van der Waals surface area contributed by atoms with Gasteiger partial charge in [-0.25, -0.2) is 9.59 Å². The first-order valence-corrected chi connectivity index (χ1v) is 9.11. The summed E-state index contributed by atoms with van der Waals surface area (Å²) >= 11 is 0. The maximum Gasteiger partial charge on any atom is 0.414 e. The molecule has 7 heteroatoms. The van der Waals surface area contributed by atoms with Crippen molar-refractivity contribution in [3.8, 4) is 0 Å². The number of carboxylic acid groups (broad SMARTS) is 2. The zero-order valence-electron chi connectivity index (χ0n) is 15.6. The van der Waals surface area contributed by atoms with Crippen LogP contribution in [0.5, 0.6) is 0 Å². The molecule has 0 spiro atoms. The Morgan fingerprint density at radius 1 is 0.857 bits per heavy atom. The molecule has 0 aromatic heterocycles. The van der Waals surface area contributed by atoms with Crippen molar-refractivity contribution in [1.29, 1.82) is 0 Å². The van der Waals surface area contributed by atoms with Gasteiger partial charge in [-0.1, -0.05) is 60.7 Å². The maximum absolute atomic E-state index is 9.10. The minimum atomic E-state index is -1.82. The lowest BCUT2D eigenvalue weighted by Gasteiger charge is -2.34. The lowest BCUT2D eigenvalue weighted by Crippen LogP contribution is -2.41. The van der Waals surface area contributed by atoms with Crippen LogP contribution < -0.4 is 0 Å². The normalized spacial score (nSPS) is 16.6. The van der Waals surface area contributed by atoms with Crippen molar-refractivity contribution in [3.05, 3.63) is 71.8 Å². The SMILES string of the molecule is O=C(O)C(=O)O.c1ccc(COC2CCCCN2OCc2ccccc2)cc1. The van der Waals surface area contributed by atoms with E-state index in [9.17, 15) is 0 Å². The lowest BCUT2D eigenvalue weighted by molar-refractivity contribution is -0.274. The number of rotatable bonds is 6. The molecule has 0 saturated carbocycles. The molecule has 7 nitrogen and oxygen atoms in total. The van der Waals surface area contributed by atoms with E-state index in [0.717, 1.165) is 13.0 Å². The fourth-order valence-corrected chi connectivity index (χ4v) is 2.69. The molecule has 1 unspecified atom stereocenters. The van der Waals surface area contributed by atoms with Gasteiger partial charge in [0.2, 0.25) is 0 Å². The average molecular weight is 387 g/mol. The third kappa shape index (κ3) is 7.87. The minimum Gasteiger partial charge on any atom is -0.473 e. The number of hydrogen-bond acceptors (Lipinski definition) is 5. The van der Waals surface area contributed by atoms with Gasteiger partial charge in [-0.15, -0.1) is 0 Å². The number of piperidine rings is 1. The second kappa shape index (κ2) is 11.9. The molecular weight excluding hydrogens is 362 g/mol. The van der Waals surface area contributed by atoms with Crippen LogP contribution >= 0.6 is 0 Å². The van der Waals surface area contributed by atoms with E-state index in [1.165, 1.54) is 24.0 Å². The highest BCUT2D eigenvalue weighted by molar-refractivity contribution is 6.27. The van der Waals surface area contributed by atoms with Gasteiger partial charge in [-0.05, 0) is 30.4 Å². The van der Waals surface area contributed by atoms with Crippen molar-refractivity contribution in [2.24, 2.45) is 0 Å². The van der Waals surface area contributed by atoms with E-state index < -0.39 is 11.9 Å². The van der Waals surface area contributed by atoms with E-state index in [4.69, 9.17) is 29.4 Å². The summed E-state index contributed by atoms with van der Waals surface area (Å²) < 4.78 is 6.07. The van der Waals surface area contributed by atoms with Gasteiger partial charge in [-0.2, -0.15) is 5.06 Å². The Labute approximate surface area is 164 Å². The van der Waals surface area contributed by atoms with Crippen molar-refractivity contribution in [1.82, 2.24) is 5.06 Å². The maximum atomic E-state index is 9.10. The second-order valence-electron chi connectivity index (χ2n) is 6.26. The Kier molecular flexibility index (Phi) is 9.14. The molecule has 28 heavy (non-hydrogen) atoms. The first kappa shape index (κ1) is 21.6. The van der Waals surface area contributed by atoms with Crippen molar-refractivity contribution in [2.75, 3.05) is 6.54 Å². The van der Waals surface area contributed by atoms with Crippen LogP contribution in [0.25, 0.3) is 0 Å². The van der Waals surface area contributed by atoms with Crippen LogP contribution in [0.2, 0.25) is 0 Å². The number of hydroxylamine groups is 2. The van der Waals surface area contributed by atoms with Crippen molar-refractivity contribution < 1.29 is 29.4 Å². The molecule has 1 aliphatic rings. The van der Waals surface area contributed by atoms with Gasteiger partial charge in [0.15, 0.2) is 0 Å². The monoisotopic (exact) mass is 387 g/mol. The highest BCUT2D eigenvalue weighted by Crippen LogP contribution is 2.20. The first-order chi connectivity index (χ1) is 13.6. The third-order valence-electron chi connectivity index (χ3n) is 4.11. The van der Waals surface area contributed by atoms with E-state index in [2.05, 4.69) is 24.3 Å². The van der Waals surface area contributed by atoms with Crippen LogP contribution in [-0.2, 0) is 32.4 Å². The molecule has 2 aromatic carbocycles. The summed E-state index contributed by atoms with van der Waals surface area (Å²) in [5.41, 5.74) is 2.39. The predicted octanol–water partition coefficient (Wildman–Crippen LogP) is 3.30. The fraction of sp³-hybridized carbons (Fsp3) is 0.333. The molecule has 1 saturated heterocycles. The third-order valence-corrected chi connectivity index (χ3v) is 4.11. The highest BCUT2D eigenvalue weighted by atomic mass is 16.7. The molecule has 150 valence electrons. The molecule has 3 rings (SSSR count). The number of carbonyl (C=O) groups is 2. The highest BCUT2D eigenvalue weighted by Gasteiger charge is 2.23. The summed E-state index contributed by atoms with van der Waals surface area (Å²) in [5, 5.41) is 16.8. The smallest absolute Gasteiger partial charge is 0.414 e. The molecule has 1 fully saturated rings. The Morgan fingerprint density at radius 3 is 1.93 bits per heavy atom. The molecule has 2 aromatic rings. The summed E-state index contributed by atoms with van der Waals surface area (Å²) in [4.78, 5) is 24.2. The molecule has 1 atom stereocenters. The van der Waals surface area contributed by atoms with Gasteiger partial charge in [0.25, 0.3) is 0 Å². The van der Waals surface area contributed by atoms with E-state index in [0.29, 0.717) is 13.2 Å². The van der Waals surface area contributed by atoms with Crippen LogP contribution in [-0.4, -0.2) is 40.0 Å². The number of ether oxygens (including phenoxy) is 1. The Morgan fingerprint density at radius 2 is 1.39 bits per heavy atom. The lowest BCUT2D eigenvalue weighted by atomic mass is 10.1. The van der Waals surface area contributed by atoms with Gasteiger partial charge in [0, 0.05) is 6.54 Å². The zero-order chi connectivity index (χ0) is 20.2. The quantitative estimate of drug-likeness (QED) is 0.734. The number of benzene rings is 2. The number of nitrogens with zero attached hydrogens (tertiary/aromatic N) is 1. The summed E-state index contributed by atoms with van der Waals surface area (Å²) in [5.74, 6) is -3.65. The predicted molar refractivity (Wildman–Crippen MR) is 102 cm³/mol. The van der Waals surface area contributed by atoms with Crippen molar-refractivity contribution >= 4 is 11.9 Å². The van der Waals surface area contributed by atoms with Crippen molar-refractivity contribution in [2.45, 2.75) is 38.7 Å². The summed E-state index contributed by atoms with van der Waals surface area (Å²) in [6, 6.07) is 20.6. The van der Waals surface area contributed by atoms with E-state index >= 15 is 0 Å². The van der Waals surface area contributed by atoms with Crippen LogP contribution in [0, 0.1) is 0 Å². The van der Waals surface area contributed by atoms with Gasteiger partial charge in [-0.3, -0.25) is 4.84 Å². The summed E-state index contributed by atoms with van der Waals surface area (Å²) in [7, 11) is 0. The fourth-order valence-electron chi connectivity index (χ4n) is 2.69. The van der Waals surface area contributed by atoms with E-state index in [-0.39, 0.29) is 6.23 Å². The van der Waals surface area contributed by atoms with Gasteiger partial charge in [0.1, 0.15) is 6.23 Å². The minimum absolute atomic E-state index is 0.0534. The molecule has 0 radical (unpaired) electrons. The zero-order valence-corrected chi connectivity index (χ0v) is 15.6. The Bertz CT molecular complexity index is 659. The topological polar surface area (TPSA) is 96.3 Å². The van der Waals surface area contributed by atoms with Crippen LogP contribution in [0.3, 0.4) is 0 Å². The summed E-state index contributed by atoms with van der Waals surface area (Å²) in [6.07, 6.45) is 3.45. The van der Waals surface area contributed by atoms with Gasteiger partial charge in [0.05, 0.1) is 13.2 Å². The Balaban J connectivity index is 0.000000409. The molecule has 1 aliphatic heterocycles. The number of carboxylic acids is 2. The van der Waals surface area contributed by atoms with Crippen LogP contribution in [0.1, 0.15) is 30.4 Å². The molecule has 1 heterocycles. The summed E-state index contributed by atoms with van der Waals surface area (Å²) in [6.45, 7) is 2.18. The van der Waals surface area contributed by atoms with Crippen molar-refractivity contribution in [3.63, 3.8) is 0 Å². The van der Waals surface area contributed by atoms with Gasteiger partial charge >= 0.3 is 11.9 Å².